The third kappa shape index (κ3) is 2.96. The topological polar surface area (TPSA) is 159 Å². The molecule has 0 bridgehead atoms. The van der Waals surface area contributed by atoms with Crippen LogP contribution in [0.2, 0.25) is 0 Å². The number of carbonyl (C=O) groups is 2. The maximum atomic E-state index is 11.8. The lowest BCUT2D eigenvalue weighted by Crippen LogP contribution is -2.27. The van der Waals surface area contributed by atoms with E-state index in [9.17, 15) is 35.0 Å². The Labute approximate surface area is 157 Å². The molecule has 1 heterocycles. The van der Waals surface area contributed by atoms with Crippen molar-refractivity contribution in [3.8, 4) is 17.2 Å². The van der Waals surface area contributed by atoms with Crippen LogP contribution in [0, 0.1) is 10.1 Å². The predicted octanol–water partition coefficient (Wildman–Crippen LogP) is 2.03. The van der Waals surface area contributed by atoms with Gasteiger partial charge in [0.2, 0.25) is 11.7 Å². The second-order valence-corrected chi connectivity index (χ2v) is 5.99. The van der Waals surface area contributed by atoms with Gasteiger partial charge >= 0.3 is 5.97 Å². The van der Waals surface area contributed by atoms with E-state index in [2.05, 4.69) is 5.32 Å². The molecule has 28 heavy (non-hydrogen) atoms. The number of nitrogens with zero attached hydrogens (tertiary/aromatic N) is 1. The minimum absolute atomic E-state index is 0.0671. The number of aromatic hydroxyl groups is 3. The molecule has 4 N–H and O–H groups in total. The Kier molecular flexibility index (Phi) is 4.39. The maximum absolute atomic E-state index is 11.8. The molecule has 0 saturated heterocycles. The Balaban J connectivity index is 2.25. The molecule has 2 aromatic carbocycles. The van der Waals surface area contributed by atoms with Gasteiger partial charge in [0.15, 0.2) is 17.1 Å². The van der Waals surface area contributed by atoms with E-state index in [0.29, 0.717) is 0 Å². The van der Waals surface area contributed by atoms with E-state index in [0.717, 1.165) is 18.2 Å². The van der Waals surface area contributed by atoms with Gasteiger partial charge in [0.1, 0.15) is 5.69 Å². The molecule has 3 rings (SSSR count). The van der Waals surface area contributed by atoms with E-state index in [-0.39, 0.29) is 16.8 Å². The van der Waals surface area contributed by atoms with Crippen LogP contribution in [0.4, 0.5) is 11.4 Å². The Hall–Kier alpha value is -4.08. The molecule has 1 amide bonds. The second kappa shape index (κ2) is 6.58. The van der Waals surface area contributed by atoms with Crippen LogP contribution in [0.15, 0.2) is 42.5 Å². The maximum Gasteiger partial charge on any atom is 0.332 e. The fourth-order valence-electron chi connectivity index (χ4n) is 2.95. The lowest BCUT2D eigenvalue weighted by atomic mass is 9.85. The number of anilines is 1. The van der Waals surface area contributed by atoms with Crippen molar-refractivity contribution < 1.29 is 34.6 Å². The number of phenols is 3. The average Bonchev–Trinajstić information content (AvgIpc) is 3.02. The van der Waals surface area contributed by atoms with Gasteiger partial charge in [-0.15, -0.1) is 0 Å². The van der Waals surface area contributed by atoms with Crippen LogP contribution in [0.25, 0.3) is 0 Å². The van der Waals surface area contributed by atoms with Gasteiger partial charge in [-0.1, -0.05) is 6.07 Å². The Morgan fingerprint density at radius 2 is 1.89 bits per heavy atom. The quantitative estimate of drug-likeness (QED) is 0.269. The summed E-state index contributed by atoms with van der Waals surface area (Å²) in [4.78, 5) is 33.8. The van der Waals surface area contributed by atoms with Crippen molar-refractivity contribution in [1.29, 1.82) is 0 Å². The molecule has 0 spiro atoms. The van der Waals surface area contributed by atoms with Crippen LogP contribution in [0.3, 0.4) is 0 Å². The summed E-state index contributed by atoms with van der Waals surface area (Å²) in [6, 6.07) is 5.99. The van der Waals surface area contributed by atoms with Crippen molar-refractivity contribution >= 4 is 23.3 Å². The van der Waals surface area contributed by atoms with Gasteiger partial charge in [-0.2, -0.15) is 0 Å². The highest BCUT2D eigenvalue weighted by Gasteiger charge is 2.43. The second-order valence-electron chi connectivity index (χ2n) is 5.99. The van der Waals surface area contributed by atoms with Crippen molar-refractivity contribution in [2.75, 3.05) is 5.32 Å². The summed E-state index contributed by atoms with van der Waals surface area (Å²) in [5.41, 5.74) is -2.36. The highest BCUT2D eigenvalue weighted by atomic mass is 16.6. The van der Waals surface area contributed by atoms with Gasteiger partial charge in [0, 0.05) is 24.6 Å². The zero-order valence-corrected chi connectivity index (χ0v) is 14.4. The number of esters is 1. The zero-order valence-electron chi connectivity index (χ0n) is 14.4. The molecule has 144 valence electrons. The number of rotatable bonds is 4. The molecule has 1 atom stereocenters. The van der Waals surface area contributed by atoms with Gasteiger partial charge < -0.3 is 25.4 Å². The summed E-state index contributed by atoms with van der Waals surface area (Å²) in [5.74, 6) is -3.48. The molecule has 0 fully saturated rings. The van der Waals surface area contributed by atoms with Crippen molar-refractivity contribution in [2.45, 2.75) is 12.5 Å². The van der Waals surface area contributed by atoms with E-state index < -0.39 is 45.3 Å². The lowest BCUT2D eigenvalue weighted by molar-refractivity contribution is -0.384. The Bertz CT molecular complexity index is 1050. The third-order valence-corrected chi connectivity index (χ3v) is 4.18. The first-order chi connectivity index (χ1) is 13.2. The van der Waals surface area contributed by atoms with Crippen molar-refractivity contribution in [2.24, 2.45) is 0 Å². The summed E-state index contributed by atoms with van der Waals surface area (Å²) in [7, 11) is 0. The highest BCUT2D eigenvalue weighted by Crippen LogP contribution is 2.49. The molecule has 10 nitrogen and oxygen atoms in total. The number of nitrogens with one attached hydrogen (secondary N) is 1. The smallest absolute Gasteiger partial charge is 0.332 e. The SMILES string of the molecule is CC(=O)Nc1ccc(C2(c3ccc(O)c(O)c3O)C=CC(=O)O2)cc1[N+](=O)[O-]. The lowest BCUT2D eigenvalue weighted by Gasteiger charge is -2.28. The van der Waals surface area contributed by atoms with Crippen LogP contribution in [-0.4, -0.2) is 32.1 Å². The summed E-state index contributed by atoms with van der Waals surface area (Å²) in [6.07, 6.45) is 2.33. The molecule has 0 saturated carbocycles. The van der Waals surface area contributed by atoms with Crippen molar-refractivity contribution in [3.05, 3.63) is 63.7 Å². The van der Waals surface area contributed by atoms with E-state index >= 15 is 0 Å². The first-order valence-corrected chi connectivity index (χ1v) is 7.89. The van der Waals surface area contributed by atoms with E-state index in [1.807, 2.05) is 0 Å². The van der Waals surface area contributed by atoms with Crippen molar-refractivity contribution in [3.63, 3.8) is 0 Å². The normalized spacial score (nSPS) is 18.0. The summed E-state index contributed by atoms with van der Waals surface area (Å²) < 4.78 is 5.34. The molecule has 10 heteroatoms. The van der Waals surface area contributed by atoms with Gasteiger partial charge in [-0.3, -0.25) is 14.9 Å². The number of hydrogen-bond acceptors (Lipinski definition) is 8. The molecule has 2 aromatic rings. The van der Waals surface area contributed by atoms with Gasteiger partial charge in [0.05, 0.1) is 10.5 Å². The fraction of sp³-hybridized carbons (Fsp3) is 0.111. The third-order valence-electron chi connectivity index (χ3n) is 4.18. The van der Waals surface area contributed by atoms with Crippen LogP contribution >= 0.6 is 0 Å². The molecule has 1 aliphatic rings. The van der Waals surface area contributed by atoms with E-state index in [1.165, 1.54) is 31.2 Å². The number of amides is 1. The Morgan fingerprint density at radius 1 is 1.18 bits per heavy atom. The van der Waals surface area contributed by atoms with Crippen LogP contribution in [0.1, 0.15) is 18.1 Å². The number of nitro groups is 1. The number of ether oxygens (including phenoxy) is 1. The summed E-state index contributed by atoms with van der Waals surface area (Å²) in [5, 5.41) is 43.4. The number of carbonyl (C=O) groups excluding carboxylic acids is 2. The minimum atomic E-state index is -1.79. The molecule has 0 aliphatic carbocycles. The highest BCUT2D eigenvalue weighted by molar-refractivity contribution is 5.92. The van der Waals surface area contributed by atoms with Crippen LogP contribution in [-0.2, 0) is 19.9 Å². The van der Waals surface area contributed by atoms with E-state index in [4.69, 9.17) is 4.74 Å². The van der Waals surface area contributed by atoms with Crippen LogP contribution in [0.5, 0.6) is 17.2 Å². The molecule has 1 aliphatic heterocycles. The number of cyclic esters (lactones) is 1. The number of nitro benzene ring substituents is 1. The predicted molar refractivity (Wildman–Crippen MR) is 94.8 cm³/mol. The van der Waals surface area contributed by atoms with Gasteiger partial charge in [-0.25, -0.2) is 4.79 Å². The zero-order chi connectivity index (χ0) is 20.6. The molecule has 1 unspecified atom stereocenters. The standard InChI is InChI=1S/C18H14N2O8/c1-9(21)19-12-4-2-10(8-13(12)20(26)27)18(7-6-15(23)28-18)11-3-5-14(22)17(25)16(11)24/h2-8,22,24-25H,1H3,(H,19,21). The number of benzene rings is 2. The largest absolute Gasteiger partial charge is 0.504 e. The molecule has 0 radical (unpaired) electrons. The Morgan fingerprint density at radius 3 is 2.46 bits per heavy atom. The van der Waals surface area contributed by atoms with Crippen LogP contribution < -0.4 is 5.32 Å². The minimum Gasteiger partial charge on any atom is -0.504 e. The summed E-state index contributed by atoms with van der Waals surface area (Å²) >= 11 is 0. The number of hydrogen-bond donors (Lipinski definition) is 4. The summed E-state index contributed by atoms with van der Waals surface area (Å²) in [6.45, 7) is 1.19. The monoisotopic (exact) mass is 386 g/mol. The molecular formula is C18H14N2O8. The first kappa shape index (κ1) is 18.7. The first-order valence-electron chi connectivity index (χ1n) is 7.89. The number of phenolic OH excluding ortho intramolecular Hbond substituents is 3. The molecular weight excluding hydrogens is 372 g/mol. The van der Waals surface area contributed by atoms with Gasteiger partial charge in [0.25, 0.3) is 5.69 Å². The van der Waals surface area contributed by atoms with E-state index in [1.54, 1.807) is 0 Å². The fourth-order valence-corrected chi connectivity index (χ4v) is 2.95. The van der Waals surface area contributed by atoms with Crippen molar-refractivity contribution in [1.82, 2.24) is 0 Å². The molecule has 0 aromatic heterocycles. The van der Waals surface area contributed by atoms with Gasteiger partial charge in [-0.05, 0) is 24.3 Å². The average molecular weight is 386 g/mol.